The average molecular weight is 393 g/mol. The molecule has 1 fully saturated rings. The third-order valence-electron chi connectivity index (χ3n) is 5.04. The number of carbonyl (C=O) groups excluding carboxylic acids is 1. The van der Waals surface area contributed by atoms with Crippen LogP contribution >= 0.6 is 11.8 Å². The quantitative estimate of drug-likeness (QED) is 0.641. The number of rotatable bonds is 6. The highest BCUT2D eigenvalue weighted by Crippen LogP contribution is 2.21. The van der Waals surface area contributed by atoms with Gasteiger partial charge in [0.2, 0.25) is 0 Å². The Labute approximate surface area is 169 Å². The molecule has 1 aliphatic heterocycles. The summed E-state index contributed by atoms with van der Waals surface area (Å²) < 4.78 is 1.98. The Morgan fingerprint density at radius 1 is 1.11 bits per heavy atom. The summed E-state index contributed by atoms with van der Waals surface area (Å²) in [6.07, 6.45) is 8.21. The summed E-state index contributed by atoms with van der Waals surface area (Å²) in [6, 6.07) is 16.1. The van der Waals surface area contributed by atoms with Gasteiger partial charge in [-0.3, -0.25) is 9.36 Å². The lowest BCUT2D eigenvalue weighted by Crippen LogP contribution is -2.23. The zero-order valence-corrected chi connectivity index (χ0v) is 16.8. The Hall–Kier alpha value is -2.73. The first-order chi connectivity index (χ1) is 13.7. The van der Waals surface area contributed by atoms with E-state index in [1.54, 1.807) is 18.0 Å². The van der Waals surface area contributed by atoms with Crippen LogP contribution < -0.4 is 10.2 Å². The third-order valence-corrected chi connectivity index (χ3v) is 5.70. The van der Waals surface area contributed by atoms with Crippen molar-refractivity contribution in [3.63, 3.8) is 0 Å². The van der Waals surface area contributed by atoms with Crippen LogP contribution in [0, 0.1) is 0 Å². The summed E-state index contributed by atoms with van der Waals surface area (Å²) in [6.45, 7) is 2.80. The van der Waals surface area contributed by atoms with Crippen molar-refractivity contribution >= 4 is 23.4 Å². The van der Waals surface area contributed by atoms with Gasteiger partial charge in [-0.05, 0) is 55.0 Å². The predicted octanol–water partition coefficient (Wildman–Crippen LogP) is 4.12. The SMILES string of the molecule is CSc1nccn1-c1cccc(C(=O)NCc2ccc(N3CCCC3)cc2)c1. The summed E-state index contributed by atoms with van der Waals surface area (Å²) in [5.41, 5.74) is 3.95. The lowest BCUT2D eigenvalue weighted by molar-refractivity contribution is 0.0951. The highest BCUT2D eigenvalue weighted by molar-refractivity contribution is 7.98. The van der Waals surface area contributed by atoms with E-state index in [1.165, 1.54) is 18.5 Å². The van der Waals surface area contributed by atoms with E-state index in [0.29, 0.717) is 12.1 Å². The number of hydrogen-bond acceptors (Lipinski definition) is 4. The van der Waals surface area contributed by atoms with Crippen molar-refractivity contribution in [2.45, 2.75) is 24.5 Å². The Kier molecular flexibility index (Phi) is 5.67. The maximum absolute atomic E-state index is 12.6. The van der Waals surface area contributed by atoms with Crippen LogP contribution in [0.1, 0.15) is 28.8 Å². The van der Waals surface area contributed by atoms with Crippen molar-refractivity contribution in [1.29, 1.82) is 0 Å². The van der Waals surface area contributed by atoms with Gasteiger partial charge in [-0.15, -0.1) is 0 Å². The molecule has 0 saturated carbocycles. The summed E-state index contributed by atoms with van der Waals surface area (Å²) in [4.78, 5) is 19.3. The van der Waals surface area contributed by atoms with Crippen LogP contribution in [0.5, 0.6) is 0 Å². The topological polar surface area (TPSA) is 50.2 Å². The number of anilines is 1. The second-order valence-corrected chi connectivity index (χ2v) is 7.65. The van der Waals surface area contributed by atoms with E-state index in [4.69, 9.17) is 0 Å². The molecule has 1 saturated heterocycles. The minimum absolute atomic E-state index is 0.0729. The standard InChI is InChI=1S/C22H24N4OS/c1-28-22-23-11-14-26(22)20-6-4-5-18(15-20)21(27)24-16-17-7-9-19(10-8-17)25-12-2-3-13-25/h4-11,14-15H,2-3,12-13,16H2,1H3,(H,24,27). The predicted molar refractivity (Wildman–Crippen MR) is 114 cm³/mol. The molecular weight excluding hydrogens is 368 g/mol. The van der Waals surface area contributed by atoms with Crippen LogP contribution in [0.3, 0.4) is 0 Å². The summed E-state index contributed by atoms with van der Waals surface area (Å²) in [7, 11) is 0. The molecule has 1 aromatic heterocycles. The molecule has 6 heteroatoms. The van der Waals surface area contributed by atoms with Crippen molar-refractivity contribution < 1.29 is 4.79 Å². The molecule has 0 radical (unpaired) electrons. The highest BCUT2D eigenvalue weighted by atomic mass is 32.2. The van der Waals surface area contributed by atoms with Crippen LogP contribution in [0.25, 0.3) is 5.69 Å². The van der Waals surface area contributed by atoms with E-state index in [0.717, 1.165) is 29.5 Å². The van der Waals surface area contributed by atoms with Crippen molar-refractivity contribution in [3.05, 3.63) is 72.1 Å². The molecule has 4 rings (SSSR count). The van der Waals surface area contributed by atoms with E-state index < -0.39 is 0 Å². The zero-order valence-electron chi connectivity index (χ0n) is 16.0. The summed E-state index contributed by atoms with van der Waals surface area (Å²) in [5, 5.41) is 3.92. The lowest BCUT2D eigenvalue weighted by atomic mass is 10.1. The second-order valence-electron chi connectivity index (χ2n) is 6.88. The lowest BCUT2D eigenvalue weighted by Gasteiger charge is -2.17. The molecule has 1 aliphatic rings. The van der Waals surface area contributed by atoms with Crippen LogP contribution in [0.4, 0.5) is 5.69 Å². The van der Waals surface area contributed by atoms with Crippen molar-refractivity contribution in [1.82, 2.24) is 14.9 Å². The van der Waals surface area contributed by atoms with Gasteiger partial charge in [-0.2, -0.15) is 0 Å². The van der Waals surface area contributed by atoms with Crippen LogP contribution in [0.15, 0.2) is 66.1 Å². The smallest absolute Gasteiger partial charge is 0.251 e. The molecule has 1 amide bonds. The zero-order chi connectivity index (χ0) is 19.3. The Balaban J connectivity index is 1.40. The molecule has 2 aromatic carbocycles. The number of amides is 1. The minimum atomic E-state index is -0.0729. The molecule has 5 nitrogen and oxygen atoms in total. The third kappa shape index (κ3) is 4.07. The Bertz CT molecular complexity index is 945. The van der Waals surface area contributed by atoms with Crippen molar-refractivity contribution in [2.24, 2.45) is 0 Å². The molecule has 2 heterocycles. The number of thioether (sulfide) groups is 1. The first-order valence-corrected chi connectivity index (χ1v) is 10.8. The van der Waals surface area contributed by atoms with E-state index >= 15 is 0 Å². The van der Waals surface area contributed by atoms with E-state index in [-0.39, 0.29) is 5.91 Å². The van der Waals surface area contributed by atoms with Crippen LogP contribution in [-0.2, 0) is 6.54 Å². The fourth-order valence-electron chi connectivity index (χ4n) is 3.52. The molecule has 0 aliphatic carbocycles. The average Bonchev–Trinajstić information content (AvgIpc) is 3.44. The molecule has 1 N–H and O–H groups in total. The number of benzene rings is 2. The maximum atomic E-state index is 12.6. The van der Waals surface area contributed by atoms with Gasteiger partial charge >= 0.3 is 0 Å². The monoisotopic (exact) mass is 392 g/mol. The van der Waals surface area contributed by atoms with Gasteiger partial charge < -0.3 is 10.2 Å². The molecule has 144 valence electrons. The fourth-order valence-corrected chi connectivity index (χ4v) is 4.05. The molecular formula is C22H24N4OS. The minimum Gasteiger partial charge on any atom is -0.372 e. The second kappa shape index (κ2) is 8.52. The molecule has 3 aromatic rings. The highest BCUT2D eigenvalue weighted by Gasteiger charge is 2.12. The van der Waals surface area contributed by atoms with E-state index in [1.807, 2.05) is 41.3 Å². The van der Waals surface area contributed by atoms with Gasteiger partial charge in [-0.25, -0.2) is 4.98 Å². The molecule has 0 unspecified atom stereocenters. The van der Waals surface area contributed by atoms with Gasteiger partial charge in [-0.1, -0.05) is 30.0 Å². The number of hydrogen-bond donors (Lipinski definition) is 1. The molecule has 28 heavy (non-hydrogen) atoms. The molecule has 0 spiro atoms. The van der Waals surface area contributed by atoms with Gasteiger partial charge in [0.15, 0.2) is 5.16 Å². The number of nitrogens with one attached hydrogen (secondary N) is 1. The van der Waals surface area contributed by atoms with Gasteiger partial charge in [0, 0.05) is 49.0 Å². The summed E-state index contributed by atoms with van der Waals surface area (Å²) in [5.74, 6) is -0.0729. The molecule has 0 atom stereocenters. The number of carbonyl (C=O) groups is 1. The largest absolute Gasteiger partial charge is 0.372 e. The van der Waals surface area contributed by atoms with Gasteiger partial charge in [0.25, 0.3) is 5.91 Å². The van der Waals surface area contributed by atoms with E-state index in [9.17, 15) is 4.79 Å². The Morgan fingerprint density at radius 2 is 1.89 bits per heavy atom. The van der Waals surface area contributed by atoms with Crippen LogP contribution in [-0.4, -0.2) is 34.8 Å². The van der Waals surface area contributed by atoms with Gasteiger partial charge in [0.1, 0.15) is 0 Å². The molecule has 0 bridgehead atoms. The first-order valence-electron chi connectivity index (χ1n) is 9.54. The fraction of sp³-hybridized carbons (Fsp3) is 0.273. The normalized spacial score (nSPS) is 13.7. The van der Waals surface area contributed by atoms with Crippen molar-refractivity contribution in [3.8, 4) is 5.69 Å². The van der Waals surface area contributed by atoms with Crippen LogP contribution in [0.2, 0.25) is 0 Å². The van der Waals surface area contributed by atoms with Crippen molar-refractivity contribution in [2.75, 3.05) is 24.2 Å². The van der Waals surface area contributed by atoms with E-state index in [2.05, 4.69) is 39.5 Å². The Morgan fingerprint density at radius 3 is 2.64 bits per heavy atom. The van der Waals surface area contributed by atoms with Gasteiger partial charge in [0.05, 0.1) is 0 Å². The maximum Gasteiger partial charge on any atom is 0.251 e. The number of aromatic nitrogens is 2. The summed E-state index contributed by atoms with van der Waals surface area (Å²) >= 11 is 1.58. The number of imidazole rings is 1. The number of nitrogens with zero attached hydrogens (tertiary/aromatic N) is 3. The first kappa shape index (κ1) is 18.6.